The fraction of sp³-hybridized carbons (Fsp3) is 0.400. The van der Waals surface area contributed by atoms with Gasteiger partial charge in [-0.05, 0) is 63.2 Å². The summed E-state index contributed by atoms with van der Waals surface area (Å²) in [5.74, 6) is 17.0. The summed E-state index contributed by atoms with van der Waals surface area (Å²) >= 11 is 0. The van der Waals surface area contributed by atoms with E-state index in [1.54, 1.807) is 6.92 Å². The van der Waals surface area contributed by atoms with Gasteiger partial charge in [-0.25, -0.2) is 0 Å². The monoisotopic (exact) mass is 272 g/mol. The zero-order chi connectivity index (χ0) is 14.9. The highest BCUT2D eigenvalue weighted by molar-refractivity contribution is 7.49. The third-order valence-electron chi connectivity index (χ3n) is 1.50. The zero-order valence-corrected chi connectivity index (χ0v) is 12.6. The van der Waals surface area contributed by atoms with Crippen molar-refractivity contribution in [2.75, 3.05) is 27.4 Å². The van der Waals surface area contributed by atoms with Crippen molar-refractivity contribution in [3.05, 3.63) is 0 Å². The van der Waals surface area contributed by atoms with Crippen molar-refractivity contribution in [3.63, 3.8) is 0 Å². The third kappa shape index (κ3) is 18.6. The predicted octanol–water partition coefficient (Wildman–Crippen LogP) is 2.07. The lowest BCUT2D eigenvalue weighted by atomic mass is 10.5. The van der Waals surface area contributed by atoms with Crippen LogP contribution in [0.5, 0.6) is 0 Å². The van der Waals surface area contributed by atoms with Gasteiger partial charge in [0.1, 0.15) is 8.30 Å². The van der Waals surface area contributed by atoms with Crippen molar-refractivity contribution in [3.8, 4) is 53.9 Å². The van der Waals surface area contributed by atoms with Crippen molar-refractivity contribution in [1.29, 1.82) is 5.26 Å². The lowest BCUT2D eigenvalue weighted by Crippen LogP contribution is -2.05. The smallest absolute Gasteiger partial charge is 0.100 e. The van der Waals surface area contributed by atoms with E-state index < -0.39 is 8.30 Å². The molecule has 0 heterocycles. The largest absolute Gasteiger partial charge is 0.343 e. The molecule has 0 saturated carbocycles. The first-order chi connectivity index (χ1) is 9.09. The molecule has 0 N–H and O–H groups in total. The first kappa shape index (κ1) is 19.4. The molecule has 98 valence electrons. The van der Waals surface area contributed by atoms with Gasteiger partial charge >= 0.3 is 0 Å². The number of hydrogen-bond acceptors (Lipinski definition) is 3. The van der Waals surface area contributed by atoms with Crippen LogP contribution >= 0.6 is 8.30 Å². The van der Waals surface area contributed by atoms with Crippen LogP contribution in [0.25, 0.3) is 0 Å². The second kappa shape index (κ2) is 16.1. The van der Waals surface area contributed by atoms with E-state index in [2.05, 4.69) is 41.4 Å². The molecule has 0 aromatic carbocycles. The van der Waals surface area contributed by atoms with Crippen molar-refractivity contribution >= 4 is 8.30 Å². The number of nitriles is 1. The Morgan fingerprint density at radius 1 is 1.16 bits per heavy atom. The molecule has 1 atom stereocenters. The summed E-state index contributed by atoms with van der Waals surface area (Å²) in [5, 5.41) is 8.18. The van der Waals surface area contributed by atoms with Crippen molar-refractivity contribution in [2.24, 2.45) is 0 Å². The molecule has 1 unspecified atom stereocenters. The fourth-order valence-electron chi connectivity index (χ4n) is 0.531. The molecule has 3 nitrogen and oxygen atoms in total. The minimum atomic E-state index is -0.469. The Balaban J connectivity index is 0. The topological polar surface area (TPSA) is 36.3 Å². The number of hydrogen-bond donors (Lipinski definition) is 0. The Kier molecular flexibility index (Phi) is 16.4. The van der Waals surface area contributed by atoms with Crippen LogP contribution in [0.3, 0.4) is 0 Å². The van der Waals surface area contributed by atoms with E-state index in [0.29, 0.717) is 13.0 Å². The Bertz CT molecular complexity index is 492. The van der Waals surface area contributed by atoms with Gasteiger partial charge in [-0.15, -0.1) is 6.42 Å². The summed E-state index contributed by atoms with van der Waals surface area (Å²) in [7, 11) is 3.47. The SMILES string of the molecule is C#CC#CC#CC#CC.CN(C)P(C)OCCC#N. The Labute approximate surface area is 118 Å². The van der Waals surface area contributed by atoms with Crippen molar-refractivity contribution < 1.29 is 4.52 Å². The molecule has 0 aromatic rings. The van der Waals surface area contributed by atoms with Gasteiger partial charge in [-0.3, -0.25) is 4.67 Å². The van der Waals surface area contributed by atoms with Gasteiger partial charge < -0.3 is 4.52 Å². The molecular formula is C15H17N2OP. The quantitative estimate of drug-likeness (QED) is 0.446. The summed E-state index contributed by atoms with van der Waals surface area (Å²) in [5.41, 5.74) is 0. The molecule has 0 aromatic heterocycles. The van der Waals surface area contributed by atoms with E-state index in [1.807, 2.05) is 31.5 Å². The van der Waals surface area contributed by atoms with Gasteiger partial charge in [0.05, 0.1) is 19.1 Å². The molecule has 0 rings (SSSR count). The highest BCUT2D eigenvalue weighted by Gasteiger charge is 2.02. The highest BCUT2D eigenvalue weighted by atomic mass is 31.2. The lowest BCUT2D eigenvalue weighted by molar-refractivity contribution is 0.339. The molecule has 0 radical (unpaired) electrons. The van der Waals surface area contributed by atoms with E-state index in [4.69, 9.17) is 16.2 Å². The molecule has 4 heteroatoms. The van der Waals surface area contributed by atoms with Crippen LogP contribution in [-0.2, 0) is 4.52 Å². The van der Waals surface area contributed by atoms with Crippen LogP contribution in [0.4, 0.5) is 0 Å². The Morgan fingerprint density at radius 2 is 1.74 bits per heavy atom. The van der Waals surface area contributed by atoms with Gasteiger partial charge in [0.15, 0.2) is 0 Å². The second-order valence-electron chi connectivity index (χ2n) is 3.07. The van der Waals surface area contributed by atoms with E-state index in [0.717, 1.165) is 0 Å². The number of rotatable bonds is 4. The molecular weight excluding hydrogens is 255 g/mol. The molecule has 19 heavy (non-hydrogen) atoms. The van der Waals surface area contributed by atoms with Gasteiger partial charge in [0, 0.05) is 0 Å². The zero-order valence-electron chi connectivity index (χ0n) is 11.7. The summed E-state index contributed by atoms with van der Waals surface area (Å²) in [6.07, 6.45) is 5.30. The maximum Gasteiger partial charge on any atom is 0.100 e. The summed E-state index contributed by atoms with van der Waals surface area (Å²) < 4.78 is 7.33. The molecule has 0 aliphatic heterocycles. The van der Waals surface area contributed by atoms with Gasteiger partial charge in [0.25, 0.3) is 0 Å². The Hall–Kier alpha value is -1.92. The normalized spacial score (nSPS) is 8.58. The minimum absolute atomic E-state index is 0.469. The van der Waals surface area contributed by atoms with Crippen LogP contribution in [0, 0.1) is 59.2 Å². The number of terminal acetylenes is 1. The predicted molar refractivity (Wildman–Crippen MR) is 80.5 cm³/mol. The van der Waals surface area contributed by atoms with Crippen LogP contribution in [0.2, 0.25) is 0 Å². The van der Waals surface area contributed by atoms with E-state index in [1.165, 1.54) is 0 Å². The molecule has 0 amide bonds. The van der Waals surface area contributed by atoms with Gasteiger partial charge in [0.2, 0.25) is 0 Å². The van der Waals surface area contributed by atoms with Crippen molar-refractivity contribution in [1.82, 2.24) is 4.67 Å². The van der Waals surface area contributed by atoms with Gasteiger partial charge in [-0.2, -0.15) is 5.26 Å². The van der Waals surface area contributed by atoms with Crippen molar-refractivity contribution in [2.45, 2.75) is 13.3 Å². The van der Waals surface area contributed by atoms with E-state index >= 15 is 0 Å². The van der Waals surface area contributed by atoms with Crippen LogP contribution in [-0.4, -0.2) is 32.0 Å². The Morgan fingerprint density at radius 3 is 2.21 bits per heavy atom. The standard InChI is InChI=1S/C9H4.C6H13N2OP/c1-3-5-7-9-8-6-4-2;1-8(2)10(3)9-6-4-5-7/h1H,2H3;4,6H2,1-3H3. The fourth-order valence-corrected chi connectivity index (χ4v) is 1.12. The minimum Gasteiger partial charge on any atom is -0.343 e. The molecule has 0 saturated heterocycles. The summed E-state index contributed by atoms with van der Waals surface area (Å²) in [4.78, 5) is 0. The molecule has 0 fully saturated rings. The first-order valence-electron chi connectivity index (χ1n) is 5.38. The summed E-state index contributed by atoms with van der Waals surface area (Å²) in [6, 6.07) is 2.03. The lowest BCUT2D eigenvalue weighted by Gasteiger charge is -2.18. The highest BCUT2D eigenvalue weighted by Crippen LogP contribution is 2.33. The van der Waals surface area contributed by atoms with Crippen LogP contribution in [0.15, 0.2) is 0 Å². The molecule has 0 aliphatic carbocycles. The molecule has 0 aliphatic rings. The number of nitrogens with zero attached hydrogens (tertiary/aromatic N) is 2. The van der Waals surface area contributed by atoms with Gasteiger partial charge in [-0.1, -0.05) is 5.92 Å². The maximum atomic E-state index is 8.18. The average molecular weight is 272 g/mol. The van der Waals surface area contributed by atoms with Crippen LogP contribution in [0.1, 0.15) is 13.3 Å². The van der Waals surface area contributed by atoms with Crippen LogP contribution < -0.4 is 0 Å². The maximum absolute atomic E-state index is 8.18. The summed E-state index contributed by atoms with van der Waals surface area (Å²) in [6.45, 7) is 4.28. The molecule has 0 bridgehead atoms. The second-order valence-corrected chi connectivity index (χ2v) is 5.06. The molecule has 0 spiro atoms. The third-order valence-corrected chi connectivity index (χ3v) is 3.19. The average Bonchev–Trinajstić information content (AvgIpc) is 2.39. The van der Waals surface area contributed by atoms with E-state index in [9.17, 15) is 0 Å². The van der Waals surface area contributed by atoms with E-state index in [-0.39, 0.29) is 0 Å². The first-order valence-corrected chi connectivity index (χ1v) is 7.04.